The van der Waals surface area contributed by atoms with Crippen LogP contribution >= 0.6 is 0 Å². The lowest BCUT2D eigenvalue weighted by molar-refractivity contribution is -0.134. The summed E-state index contributed by atoms with van der Waals surface area (Å²) in [7, 11) is 0. The lowest BCUT2D eigenvalue weighted by Crippen LogP contribution is -2.50. The Bertz CT molecular complexity index is 1370. The molecule has 166 valence electrons. The van der Waals surface area contributed by atoms with Gasteiger partial charge in [0.15, 0.2) is 0 Å². The number of H-pyrrole nitrogens is 1. The zero-order chi connectivity index (χ0) is 22.6. The van der Waals surface area contributed by atoms with E-state index in [0.29, 0.717) is 0 Å². The molecule has 1 amide bonds. The topological polar surface area (TPSA) is 110 Å². The fourth-order valence-electron chi connectivity index (χ4n) is 5.72. The summed E-state index contributed by atoms with van der Waals surface area (Å²) in [4.78, 5) is 34.6. The van der Waals surface area contributed by atoms with Gasteiger partial charge in [-0.1, -0.05) is 12.1 Å². The Kier molecular flexibility index (Phi) is 4.37. The third-order valence-corrected chi connectivity index (χ3v) is 7.86. The maximum absolute atomic E-state index is 12.1. The lowest BCUT2D eigenvalue weighted by atomic mass is 9.53. The van der Waals surface area contributed by atoms with E-state index in [0.717, 1.165) is 83.7 Å². The molecular formula is C26H26N6O. The Labute approximate surface area is 191 Å². The van der Waals surface area contributed by atoms with Crippen molar-refractivity contribution < 1.29 is 4.79 Å². The molecule has 0 atom stereocenters. The molecule has 3 N–H and O–H groups in total. The van der Waals surface area contributed by atoms with Gasteiger partial charge in [-0.2, -0.15) is 0 Å². The van der Waals surface area contributed by atoms with Gasteiger partial charge in [0.2, 0.25) is 5.91 Å². The van der Waals surface area contributed by atoms with Crippen LogP contribution in [-0.2, 0) is 10.2 Å². The normalized spacial score (nSPS) is 24.3. The largest absolute Gasteiger partial charge is 0.369 e. The number of imidazole rings is 1. The molecule has 2 bridgehead atoms. The van der Waals surface area contributed by atoms with Crippen LogP contribution in [0.25, 0.3) is 33.7 Å². The number of carbonyl (C=O) groups is 1. The van der Waals surface area contributed by atoms with E-state index in [-0.39, 0.29) is 16.7 Å². The molecule has 3 aliphatic carbocycles. The fourth-order valence-corrected chi connectivity index (χ4v) is 5.72. The highest BCUT2D eigenvalue weighted by Crippen LogP contribution is 2.57. The summed E-state index contributed by atoms with van der Waals surface area (Å²) in [6, 6.07) is 12.1. The second-order valence-corrected chi connectivity index (χ2v) is 9.66. The average Bonchev–Trinajstić information content (AvgIpc) is 3.31. The zero-order valence-electron chi connectivity index (χ0n) is 18.6. The van der Waals surface area contributed by atoms with Gasteiger partial charge in [-0.15, -0.1) is 0 Å². The number of aromatic amines is 1. The highest BCUT2D eigenvalue weighted by atomic mass is 16.1. The van der Waals surface area contributed by atoms with Crippen LogP contribution in [0.5, 0.6) is 0 Å². The van der Waals surface area contributed by atoms with E-state index >= 15 is 0 Å². The maximum Gasteiger partial charge on any atom is 0.223 e. The molecule has 7 heteroatoms. The van der Waals surface area contributed by atoms with Crippen LogP contribution in [0.2, 0.25) is 0 Å². The van der Waals surface area contributed by atoms with Crippen molar-refractivity contribution in [1.82, 2.24) is 24.9 Å². The van der Waals surface area contributed by atoms with Gasteiger partial charge in [-0.05, 0) is 69.7 Å². The van der Waals surface area contributed by atoms with E-state index in [1.807, 2.05) is 31.2 Å². The summed E-state index contributed by atoms with van der Waals surface area (Å²) < 4.78 is 0. The number of aromatic nitrogens is 5. The molecule has 0 unspecified atom stereocenters. The van der Waals surface area contributed by atoms with Crippen LogP contribution in [-0.4, -0.2) is 30.8 Å². The minimum Gasteiger partial charge on any atom is -0.369 e. The first-order valence-electron chi connectivity index (χ1n) is 11.5. The van der Waals surface area contributed by atoms with Crippen molar-refractivity contribution >= 4 is 16.9 Å². The van der Waals surface area contributed by atoms with E-state index in [1.165, 1.54) is 0 Å². The molecule has 0 spiro atoms. The van der Waals surface area contributed by atoms with Crippen LogP contribution in [0.3, 0.4) is 0 Å². The summed E-state index contributed by atoms with van der Waals surface area (Å²) in [6.07, 6.45) is 8.69. The number of aryl methyl sites for hydroxylation is 1. The number of amides is 1. The highest BCUT2D eigenvalue weighted by Gasteiger charge is 2.53. The molecule has 0 radical (unpaired) electrons. The highest BCUT2D eigenvalue weighted by molar-refractivity contribution is 5.85. The molecule has 3 aliphatic rings. The number of hydrogen-bond donors (Lipinski definition) is 2. The van der Waals surface area contributed by atoms with Gasteiger partial charge in [0.1, 0.15) is 11.5 Å². The van der Waals surface area contributed by atoms with Crippen molar-refractivity contribution in [2.24, 2.45) is 11.1 Å². The van der Waals surface area contributed by atoms with Gasteiger partial charge in [0.25, 0.3) is 0 Å². The monoisotopic (exact) mass is 438 g/mol. The van der Waals surface area contributed by atoms with Gasteiger partial charge in [0, 0.05) is 34.5 Å². The summed E-state index contributed by atoms with van der Waals surface area (Å²) in [5, 5.41) is 0. The zero-order valence-corrected chi connectivity index (χ0v) is 18.6. The molecule has 3 aromatic heterocycles. The average molecular weight is 439 g/mol. The SMILES string of the molecule is Cc1cccc(-c2nc(C34CCC(C(N)=O)(CC3)CC4)[nH]c2-c2ccc3nccnc3c2)n1. The quantitative estimate of drug-likeness (QED) is 0.488. The maximum atomic E-state index is 12.1. The summed E-state index contributed by atoms with van der Waals surface area (Å²) in [6.45, 7) is 1.99. The van der Waals surface area contributed by atoms with Crippen LogP contribution in [0.15, 0.2) is 48.8 Å². The van der Waals surface area contributed by atoms with Crippen molar-refractivity contribution in [3.05, 3.63) is 60.3 Å². The second kappa shape index (κ2) is 7.20. The molecule has 1 aromatic carbocycles. The minimum atomic E-state index is -0.324. The Morgan fingerprint density at radius 3 is 2.36 bits per heavy atom. The molecule has 33 heavy (non-hydrogen) atoms. The Balaban J connectivity index is 1.48. The number of pyridine rings is 1. The van der Waals surface area contributed by atoms with Gasteiger partial charge >= 0.3 is 0 Å². The van der Waals surface area contributed by atoms with Gasteiger partial charge in [0.05, 0.1) is 22.4 Å². The third kappa shape index (κ3) is 3.14. The fraction of sp³-hybridized carbons (Fsp3) is 0.346. The first kappa shape index (κ1) is 20.0. The molecule has 7 rings (SSSR count). The lowest BCUT2D eigenvalue weighted by Gasteiger charge is -2.51. The van der Waals surface area contributed by atoms with Crippen molar-refractivity contribution in [1.29, 1.82) is 0 Å². The van der Waals surface area contributed by atoms with Crippen molar-refractivity contribution in [2.45, 2.75) is 50.9 Å². The number of nitrogens with two attached hydrogens (primary N) is 1. The Morgan fingerprint density at radius 2 is 1.67 bits per heavy atom. The molecule has 3 fully saturated rings. The van der Waals surface area contributed by atoms with E-state index in [2.05, 4.69) is 27.1 Å². The number of fused-ring (bicyclic) bond motifs is 4. The van der Waals surface area contributed by atoms with Crippen LogP contribution in [0.4, 0.5) is 0 Å². The van der Waals surface area contributed by atoms with Gasteiger partial charge < -0.3 is 10.7 Å². The van der Waals surface area contributed by atoms with E-state index < -0.39 is 0 Å². The molecule has 3 saturated carbocycles. The number of benzene rings is 1. The number of nitrogens with one attached hydrogen (secondary N) is 1. The van der Waals surface area contributed by atoms with Crippen LogP contribution in [0.1, 0.15) is 50.0 Å². The van der Waals surface area contributed by atoms with E-state index in [1.54, 1.807) is 12.4 Å². The van der Waals surface area contributed by atoms with Crippen molar-refractivity contribution in [3.63, 3.8) is 0 Å². The predicted octanol–water partition coefficient (Wildman–Crippen LogP) is 4.47. The van der Waals surface area contributed by atoms with E-state index in [9.17, 15) is 4.79 Å². The first-order chi connectivity index (χ1) is 16.0. The molecular weight excluding hydrogens is 412 g/mol. The molecule has 7 nitrogen and oxygen atoms in total. The van der Waals surface area contributed by atoms with Gasteiger partial charge in [-0.3, -0.25) is 19.7 Å². The Hall–Kier alpha value is -3.61. The number of rotatable bonds is 4. The number of carbonyl (C=O) groups excluding carboxylic acids is 1. The minimum absolute atomic E-state index is 0.0509. The van der Waals surface area contributed by atoms with Crippen molar-refractivity contribution in [2.75, 3.05) is 0 Å². The van der Waals surface area contributed by atoms with E-state index in [4.69, 9.17) is 15.7 Å². The molecule has 0 saturated heterocycles. The number of nitrogens with zero attached hydrogens (tertiary/aromatic N) is 4. The van der Waals surface area contributed by atoms with Gasteiger partial charge in [-0.25, -0.2) is 4.98 Å². The van der Waals surface area contributed by atoms with Crippen LogP contribution in [0, 0.1) is 12.3 Å². The summed E-state index contributed by atoms with van der Waals surface area (Å²) in [5.74, 6) is 0.852. The Morgan fingerprint density at radius 1 is 0.939 bits per heavy atom. The first-order valence-corrected chi connectivity index (χ1v) is 11.5. The smallest absolute Gasteiger partial charge is 0.223 e. The standard InChI is InChI=1S/C26H26N6O/c1-16-3-2-4-19(30-16)22-21(17-5-6-18-20(15-17)29-14-13-28-18)31-24(32-22)26-10-7-25(8-11-26,9-12-26)23(27)33/h2-6,13-15H,7-12H2,1H3,(H2,27,33)(H,31,32). The van der Waals surface area contributed by atoms with Crippen molar-refractivity contribution in [3.8, 4) is 22.6 Å². The number of primary amides is 1. The summed E-state index contributed by atoms with van der Waals surface area (Å²) in [5.41, 5.74) is 11.7. The molecule has 0 aliphatic heterocycles. The molecule has 4 aromatic rings. The number of hydrogen-bond acceptors (Lipinski definition) is 5. The summed E-state index contributed by atoms with van der Waals surface area (Å²) >= 11 is 0. The second-order valence-electron chi connectivity index (χ2n) is 9.66. The van der Waals surface area contributed by atoms with Crippen LogP contribution < -0.4 is 5.73 Å². The predicted molar refractivity (Wildman–Crippen MR) is 126 cm³/mol. The molecule has 3 heterocycles. The third-order valence-electron chi connectivity index (χ3n) is 7.86.